The van der Waals surface area contributed by atoms with Gasteiger partial charge in [0, 0.05) is 12.0 Å². The van der Waals surface area contributed by atoms with Gasteiger partial charge >= 0.3 is 5.97 Å². The molecular formula is C14H23N3O3. The van der Waals surface area contributed by atoms with Crippen LogP contribution in [0.15, 0.2) is 0 Å². The molecule has 0 radical (unpaired) electrons. The first-order chi connectivity index (χ1) is 9.43. The first-order valence-electron chi connectivity index (χ1n) is 7.16. The molecule has 2 rings (SSSR count). The third kappa shape index (κ3) is 3.17. The molecule has 20 heavy (non-hydrogen) atoms. The summed E-state index contributed by atoms with van der Waals surface area (Å²) in [4.78, 5) is 12.0. The number of hydrogen-bond acceptors (Lipinski definition) is 5. The maximum atomic E-state index is 12.0. The Morgan fingerprint density at radius 2 is 2.25 bits per heavy atom. The highest BCUT2D eigenvalue weighted by atomic mass is 16.5. The number of ether oxygens (including phenoxy) is 2. The Labute approximate surface area is 119 Å². The Morgan fingerprint density at radius 3 is 2.80 bits per heavy atom. The fourth-order valence-electron chi connectivity index (χ4n) is 2.50. The third-order valence-corrected chi connectivity index (χ3v) is 3.31. The number of hydrogen-bond donors (Lipinski definition) is 0. The van der Waals surface area contributed by atoms with Gasteiger partial charge in [-0.05, 0) is 19.8 Å². The van der Waals surface area contributed by atoms with E-state index in [4.69, 9.17) is 9.47 Å². The van der Waals surface area contributed by atoms with Gasteiger partial charge < -0.3 is 9.47 Å². The topological polar surface area (TPSA) is 66.2 Å². The van der Waals surface area contributed by atoms with E-state index in [1.165, 1.54) is 0 Å². The second kappa shape index (κ2) is 5.91. The van der Waals surface area contributed by atoms with E-state index < -0.39 is 5.97 Å². The van der Waals surface area contributed by atoms with Crippen molar-refractivity contribution in [3.05, 3.63) is 11.4 Å². The van der Waals surface area contributed by atoms with Crippen molar-refractivity contribution >= 4 is 5.97 Å². The number of carbonyl (C=O) groups is 1. The highest BCUT2D eigenvalue weighted by Crippen LogP contribution is 2.26. The zero-order valence-corrected chi connectivity index (χ0v) is 12.7. The van der Waals surface area contributed by atoms with Gasteiger partial charge in [-0.15, -0.1) is 5.10 Å². The van der Waals surface area contributed by atoms with Gasteiger partial charge in [-0.3, -0.25) is 0 Å². The van der Waals surface area contributed by atoms with Gasteiger partial charge in [-0.25, -0.2) is 9.48 Å². The Hall–Kier alpha value is -1.43. The molecule has 1 aliphatic rings. The lowest BCUT2D eigenvalue weighted by Gasteiger charge is -2.22. The molecule has 1 aromatic heterocycles. The molecule has 1 fully saturated rings. The maximum Gasteiger partial charge on any atom is 0.360 e. The van der Waals surface area contributed by atoms with Crippen LogP contribution in [0.5, 0.6) is 0 Å². The standard InChI is InChI=1S/C14H23N3O3/c1-5-19-13(18)11-12(14(2,3)4)17(16-15-11)9-10-7-6-8-20-10/h10H,5-9H2,1-4H3. The second-order valence-electron chi connectivity index (χ2n) is 6.07. The lowest BCUT2D eigenvalue weighted by atomic mass is 9.90. The van der Waals surface area contributed by atoms with Crippen LogP contribution in [0.2, 0.25) is 0 Å². The smallest absolute Gasteiger partial charge is 0.360 e. The van der Waals surface area contributed by atoms with Gasteiger partial charge in [0.05, 0.1) is 24.9 Å². The summed E-state index contributed by atoms with van der Waals surface area (Å²) in [5, 5.41) is 8.16. The van der Waals surface area contributed by atoms with Crippen LogP contribution in [0, 0.1) is 0 Å². The SMILES string of the molecule is CCOC(=O)c1nnn(CC2CCCO2)c1C(C)(C)C. The normalized spacial score (nSPS) is 19.3. The Morgan fingerprint density at radius 1 is 1.50 bits per heavy atom. The minimum Gasteiger partial charge on any atom is -0.461 e. The monoisotopic (exact) mass is 281 g/mol. The van der Waals surface area contributed by atoms with Crippen LogP contribution in [0.25, 0.3) is 0 Å². The summed E-state index contributed by atoms with van der Waals surface area (Å²) in [7, 11) is 0. The number of rotatable bonds is 4. The van der Waals surface area contributed by atoms with Gasteiger partial charge in [0.25, 0.3) is 0 Å². The van der Waals surface area contributed by atoms with Crippen molar-refractivity contribution in [2.45, 2.75) is 58.6 Å². The fraction of sp³-hybridized carbons (Fsp3) is 0.786. The van der Waals surface area contributed by atoms with E-state index in [0.29, 0.717) is 18.8 Å². The van der Waals surface area contributed by atoms with E-state index in [9.17, 15) is 4.79 Å². The van der Waals surface area contributed by atoms with Crippen molar-refractivity contribution in [3.63, 3.8) is 0 Å². The molecule has 1 aromatic rings. The molecule has 0 spiro atoms. The molecule has 1 unspecified atom stereocenters. The molecular weight excluding hydrogens is 258 g/mol. The van der Waals surface area contributed by atoms with Crippen LogP contribution >= 0.6 is 0 Å². The minimum absolute atomic E-state index is 0.160. The van der Waals surface area contributed by atoms with Crippen molar-refractivity contribution in [1.82, 2.24) is 15.0 Å². The number of aromatic nitrogens is 3. The molecule has 1 aliphatic heterocycles. The molecule has 1 saturated heterocycles. The van der Waals surface area contributed by atoms with E-state index in [-0.39, 0.29) is 11.5 Å². The van der Waals surface area contributed by atoms with E-state index in [0.717, 1.165) is 25.1 Å². The highest BCUT2D eigenvalue weighted by Gasteiger charge is 2.31. The van der Waals surface area contributed by atoms with Crippen LogP contribution in [0.4, 0.5) is 0 Å². The maximum absolute atomic E-state index is 12.0. The minimum atomic E-state index is -0.406. The number of esters is 1. The Bertz CT molecular complexity index is 470. The summed E-state index contributed by atoms with van der Waals surface area (Å²) in [6.07, 6.45) is 2.26. The quantitative estimate of drug-likeness (QED) is 0.789. The predicted molar refractivity (Wildman–Crippen MR) is 73.7 cm³/mol. The van der Waals surface area contributed by atoms with E-state index >= 15 is 0 Å². The van der Waals surface area contributed by atoms with Crippen molar-refractivity contribution < 1.29 is 14.3 Å². The molecule has 6 nitrogen and oxygen atoms in total. The first kappa shape index (κ1) is 15.0. The summed E-state index contributed by atoms with van der Waals surface area (Å²) in [5.41, 5.74) is 0.897. The van der Waals surface area contributed by atoms with Crippen LogP contribution in [0.3, 0.4) is 0 Å². The van der Waals surface area contributed by atoms with Crippen molar-refractivity contribution in [2.75, 3.05) is 13.2 Å². The number of carbonyl (C=O) groups excluding carboxylic acids is 1. The van der Waals surface area contributed by atoms with Crippen LogP contribution in [0.1, 0.15) is 56.7 Å². The van der Waals surface area contributed by atoms with Crippen molar-refractivity contribution in [3.8, 4) is 0 Å². The van der Waals surface area contributed by atoms with Gasteiger partial charge in [-0.1, -0.05) is 26.0 Å². The molecule has 2 heterocycles. The van der Waals surface area contributed by atoms with Gasteiger partial charge in [0.15, 0.2) is 5.69 Å². The molecule has 0 aliphatic carbocycles. The molecule has 112 valence electrons. The van der Waals surface area contributed by atoms with Crippen molar-refractivity contribution in [2.24, 2.45) is 0 Å². The molecule has 0 amide bonds. The summed E-state index contributed by atoms with van der Waals surface area (Å²) in [6, 6.07) is 0. The predicted octanol–water partition coefficient (Wildman–Crippen LogP) is 1.93. The van der Waals surface area contributed by atoms with Crippen molar-refractivity contribution in [1.29, 1.82) is 0 Å². The lowest BCUT2D eigenvalue weighted by Crippen LogP contribution is -2.26. The average Bonchev–Trinajstić information content (AvgIpc) is 2.98. The van der Waals surface area contributed by atoms with E-state index in [1.807, 2.05) is 20.8 Å². The molecule has 6 heteroatoms. The van der Waals surface area contributed by atoms with Crippen LogP contribution in [-0.4, -0.2) is 40.3 Å². The van der Waals surface area contributed by atoms with Gasteiger partial charge in [0.1, 0.15) is 0 Å². The van der Waals surface area contributed by atoms with Crippen LogP contribution in [-0.2, 0) is 21.4 Å². The largest absolute Gasteiger partial charge is 0.461 e. The third-order valence-electron chi connectivity index (χ3n) is 3.31. The Kier molecular flexibility index (Phi) is 4.42. The molecule has 1 atom stereocenters. The zero-order chi connectivity index (χ0) is 14.8. The summed E-state index contributed by atoms with van der Waals surface area (Å²) in [6.45, 7) is 9.68. The zero-order valence-electron chi connectivity index (χ0n) is 12.7. The lowest BCUT2D eigenvalue weighted by molar-refractivity contribution is 0.0515. The summed E-state index contributed by atoms with van der Waals surface area (Å²) < 4.78 is 12.5. The number of nitrogens with zero attached hydrogens (tertiary/aromatic N) is 3. The molecule has 0 bridgehead atoms. The fourth-order valence-corrected chi connectivity index (χ4v) is 2.50. The average molecular weight is 281 g/mol. The van der Waals surface area contributed by atoms with E-state index in [1.54, 1.807) is 11.6 Å². The Balaban J connectivity index is 2.29. The summed E-state index contributed by atoms with van der Waals surface area (Å²) in [5.74, 6) is -0.406. The second-order valence-corrected chi connectivity index (χ2v) is 6.07. The van der Waals surface area contributed by atoms with Gasteiger partial charge in [0.2, 0.25) is 0 Å². The first-order valence-corrected chi connectivity index (χ1v) is 7.16. The van der Waals surface area contributed by atoms with Crippen LogP contribution < -0.4 is 0 Å². The molecule has 0 N–H and O–H groups in total. The van der Waals surface area contributed by atoms with Gasteiger partial charge in [-0.2, -0.15) is 0 Å². The molecule has 0 saturated carbocycles. The highest BCUT2D eigenvalue weighted by molar-refractivity contribution is 5.88. The molecule has 0 aromatic carbocycles. The van der Waals surface area contributed by atoms with E-state index in [2.05, 4.69) is 10.3 Å². The summed E-state index contributed by atoms with van der Waals surface area (Å²) >= 11 is 0.